The predicted molar refractivity (Wildman–Crippen MR) is 95.1 cm³/mol. The van der Waals surface area contributed by atoms with Crippen molar-refractivity contribution in [2.75, 3.05) is 0 Å². The highest BCUT2D eigenvalue weighted by atomic mass is 127. The van der Waals surface area contributed by atoms with Gasteiger partial charge in [-0.25, -0.2) is 5.43 Å². The van der Waals surface area contributed by atoms with E-state index in [1.165, 1.54) is 0 Å². The van der Waals surface area contributed by atoms with E-state index in [1.54, 1.807) is 6.20 Å². The lowest BCUT2D eigenvalue weighted by atomic mass is 9.96. The van der Waals surface area contributed by atoms with Gasteiger partial charge in [0, 0.05) is 15.2 Å². The van der Waals surface area contributed by atoms with Gasteiger partial charge in [-0.1, -0.05) is 35.9 Å². The van der Waals surface area contributed by atoms with Crippen LogP contribution in [0.4, 0.5) is 0 Å². The first kappa shape index (κ1) is 14.7. The summed E-state index contributed by atoms with van der Waals surface area (Å²) in [6.45, 7) is 0. The summed E-state index contributed by atoms with van der Waals surface area (Å²) in [6, 6.07) is 15.9. The van der Waals surface area contributed by atoms with Crippen LogP contribution >= 0.6 is 34.2 Å². The fourth-order valence-electron chi connectivity index (χ4n) is 2.44. The molecule has 0 amide bonds. The maximum Gasteiger partial charge on any atom is 0.0717 e. The first-order valence-electron chi connectivity index (χ1n) is 6.45. The lowest BCUT2D eigenvalue weighted by Crippen LogP contribution is -2.29. The van der Waals surface area contributed by atoms with Crippen LogP contribution in [0.5, 0.6) is 0 Å². The van der Waals surface area contributed by atoms with E-state index in [4.69, 9.17) is 17.4 Å². The van der Waals surface area contributed by atoms with Crippen molar-refractivity contribution in [1.29, 1.82) is 0 Å². The van der Waals surface area contributed by atoms with E-state index in [-0.39, 0.29) is 6.04 Å². The molecule has 5 heteroatoms. The van der Waals surface area contributed by atoms with Gasteiger partial charge in [-0.2, -0.15) is 0 Å². The third-order valence-electron chi connectivity index (χ3n) is 3.43. The molecule has 3 aromatic rings. The number of nitrogens with two attached hydrogens (primary N) is 1. The summed E-state index contributed by atoms with van der Waals surface area (Å²) in [5, 5.41) is 1.81. The zero-order valence-corrected chi connectivity index (χ0v) is 14.0. The van der Waals surface area contributed by atoms with Crippen LogP contribution in [0.2, 0.25) is 5.02 Å². The van der Waals surface area contributed by atoms with Gasteiger partial charge in [0.1, 0.15) is 0 Å². The minimum atomic E-state index is -0.132. The summed E-state index contributed by atoms with van der Waals surface area (Å²) in [4.78, 5) is 4.39. The van der Waals surface area contributed by atoms with E-state index in [1.807, 2.05) is 36.4 Å². The number of hydrogen-bond donors (Lipinski definition) is 2. The number of aromatic nitrogens is 1. The summed E-state index contributed by atoms with van der Waals surface area (Å²) >= 11 is 8.44. The molecule has 0 saturated carbocycles. The molecule has 0 spiro atoms. The first-order valence-corrected chi connectivity index (χ1v) is 7.91. The molecule has 1 unspecified atom stereocenters. The second kappa shape index (κ2) is 6.27. The number of halogens is 2. The molecule has 3 nitrogen and oxygen atoms in total. The molecule has 106 valence electrons. The lowest BCUT2D eigenvalue weighted by molar-refractivity contribution is 0.641. The minimum Gasteiger partial charge on any atom is -0.271 e. The number of nitrogens with one attached hydrogen (secondary N) is 1. The van der Waals surface area contributed by atoms with Gasteiger partial charge in [0.2, 0.25) is 0 Å². The quantitative estimate of drug-likeness (QED) is 0.390. The number of rotatable bonds is 3. The Bertz CT molecular complexity index is 786. The minimum absolute atomic E-state index is 0.132. The second-order valence-corrected chi connectivity index (χ2v) is 6.26. The third kappa shape index (κ3) is 2.89. The number of hydrogen-bond acceptors (Lipinski definition) is 3. The zero-order valence-electron chi connectivity index (χ0n) is 11.1. The van der Waals surface area contributed by atoms with E-state index >= 15 is 0 Å². The number of pyridine rings is 1. The van der Waals surface area contributed by atoms with Gasteiger partial charge >= 0.3 is 0 Å². The van der Waals surface area contributed by atoms with Crippen molar-refractivity contribution in [2.45, 2.75) is 6.04 Å². The Morgan fingerprint density at radius 3 is 2.76 bits per heavy atom. The van der Waals surface area contributed by atoms with Gasteiger partial charge in [0.15, 0.2) is 0 Å². The summed E-state index contributed by atoms with van der Waals surface area (Å²) in [6.07, 6.45) is 1.79. The van der Waals surface area contributed by atoms with Crippen LogP contribution < -0.4 is 11.3 Å². The topological polar surface area (TPSA) is 50.9 Å². The van der Waals surface area contributed by atoms with Crippen molar-refractivity contribution >= 4 is 45.1 Å². The van der Waals surface area contributed by atoms with Crippen LogP contribution in [0.25, 0.3) is 10.9 Å². The predicted octanol–water partition coefficient (Wildman–Crippen LogP) is 4.05. The molecule has 0 radical (unpaired) electrons. The second-order valence-electron chi connectivity index (χ2n) is 4.69. The van der Waals surface area contributed by atoms with E-state index < -0.39 is 0 Å². The number of nitrogens with zero attached hydrogens (tertiary/aromatic N) is 1. The molecule has 0 aliphatic carbocycles. The van der Waals surface area contributed by atoms with Gasteiger partial charge < -0.3 is 0 Å². The van der Waals surface area contributed by atoms with Crippen molar-refractivity contribution in [1.82, 2.24) is 10.4 Å². The molecule has 0 saturated heterocycles. The Hall–Kier alpha value is -1.21. The third-order valence-corrected chi connectivity index (χ3v) is 5.01. The Balaban J connectivity index is 2.16. The van der Waals surface area contributed by atoms with Crippen LogP contribution in [0.1, 0.15) is 17.2 Å². The maximum absolute atomic E-state index is 6.23. The smallest absolute Gasteiger partial charge is 0.0717 e. The van der Waals surface area contributed by atoms with Crippen molar-refractivity contribution in [3.8, 4) is 0 Å². The Kier molecular flexibility index (Phi) is 4.40. The van der Waals surface area contributed by atoms with Gasteiger partial charge in [0.25, 0.3) is 0 Å². The fraction of sp³-hybridized carbons (Fsp3) is 0.0625. The van der Waals surface area contributed by atoms with Gasteiger partial charge in [-0.15, -0.1) is 0 Å². The lowest BCUT2D eigenvalue weighted by Gasteiger charge is -2.19. The molecule has 3 rings (SSSR count). The van der Waals surface area contributed by atoms with E-state index in [2.05, 4.69) is 45.1 Å². The van der Waals surface area contributed by atoms with Gasteiger partial charge in [0.05, 0.1) is 16.6 Å². The van der Waals surface area contributed by atoms with E-state index in [0.717, 1.165) is 30.6 Å². The molecule has 2 aromatic carbocycles. The molecule has 0 fully saturated rings. The number of hydrazine groups is 1. The fourth-order valence-corrected chi connectivity index (χ4v) is 2.96. The molecular weight excluding hydrogens is 397 g/mol. The van der Waals surface area contributed by atoms with Crippen LogP contribution in [0, 0.1) is 3.57 Å². The highest BCUT2D eigenvalue weighted by Gasteiger charge is 2.16. The van der Waals surface area contributed by atoms with Crippen LogP contribution in [0.15, 0.2) is 54.7 Å². The Morgan fingerprint density at radius 2 is 2.00 bits per heavy atom. The molecule has 0 aliphatic heterocycles. The van der Waals surface area contributed by atoms with Crippen molar-refractivity contribution in [2.24, 2.45) is 5.84 Å². The normalized spacial score (nSPS) is 12.5. The standard InChI is InChI=1S/C16H13ClIN3/c17-13-9-10(6-7-14(13)18)16(21-19)12-3-1-5-15-11(12)4-2-8-20-15/h1-9,16,21H,19H2. The Labute approximate surface area is 141 Å². The molecule has 1 heterocycles. The molecule has 1 atom stereocenters. The monoisotopic (exact) mass is 409 g/mol. The summed E-state index contributed by atoms with van der Waals surface area (Å²) in [5.74, 6) is 5.80. The van der Waals surface area contributed by atoms with Crippen molar-refractivity contribution in [3.63, 3.8) is 0 Å². The highest BCUT2D eigenvalue weighted by molar-refractivity contribution is 14.1. The largest absolute Gasteiger partial charge is 0.271 e. The molecular formula is C16H13ClIN3. The number of benzene rings is 2. The highest BCUT2D eigenvalue weighted by Crippen LogP contribution is 2.30. The van der Waals surface area contributed by atoms with Crippen molar-refractivity contribution in [3.05, 3.63) is 74.4 Å². The van der Waals surface area contributed by atoms with E-state index in [9.17, 15) is 0 Å². The zero-order chi connectivity index (χ0) is 14.8. The number of fused-ring (bicyclic) bond motifs is 1. The van der Waals surface area contributed by atoms with Gasteiger partial charge in [-0.3, -0.25) is 10.8 Å². The molecule has 21 heavy (non-hydrogen) atoms. The van der Waals surface area contributed by atoms with Crippen LogP contribution in [0.3, 0.4) is 0 Å². The summed E-state index contributed by atoms with van der Waals surface area (Å²) < 4.78 is 1.02. The maximum atomic E-state index is 6.23. The molecule has 0 bridgehead atoms. The average molecular weight is 410 g/mol. The first-order chi connectivity index (χ1) is 10.2. The summed E-state index contributed by atoms with van der Waals surface area (Å²) in [7, 11) is 0. The molecule has 1 aromatic heterocycles. The molecule has 3 N–H and O–H groups in total. The van der Waals surface area contributed by atoms with Crippen molar-refractivity contribution < 1.29 is 0 Å². The Morgan fingerprint density at radius 1 is 1.14 bits per heavy atom. The van der Waals surface area contributed by atoms with E-state index in [0.29, 0.717) is 0 Å². The summed E-state index contributed by atoms with van der Waals surface area (Å²) in [5.41, 5.74) is 5.95. The SMILES string of the molecule is NNC(c1ccc(I)c(Cl)c1)c1cccc2ncccc12. The van der Waals surface area contributed by atoms with Gasteiger partial charge in [-0.05, 0) is 58.0 Å². The van der Waals surface area contributed by atoms with Crippen LogP contribution in [-0.2, 0) is 0 Å². The average Bonchev–Trinajstić information content (AvgIpc) is 2.52. The molecule has 0 aliphatic rings. The van der Waals surface area contributed by atoms with Crippen LogP contribution in [-0.4, -0.2) is 4.98 Å².